The van der Waals surface area contributed by atoms with Gasteiger partial charge in [0.25, 0.3) is 5.91 Å². The number of aliphatic hydroxyl groups is 1. The quantitative estimate of drug-likeness (QED) is 0.897. The number of carbonyl (C=O) groups is 1. The van der Waals surface area contributed by atoms with Crippen LogP contribution in [-0.2, 0) is 11.4 Å². The number of hydrogen-bond donors (Lipinski definition) is 2. The Morgan fingerprint density at radius 2 is 2.28 bits per heavy atom. The Kier molecular flexibility index (Phi) is 4.60. The van der Waals surface area contributed by atoms with E-state index in [1.54, 1.807) is 18.2 Å². The predicted octanol–water partition coefficient (Wildman–Crippen LogP) is 1.99. The summed E-state index contributed by atoms with van der Waals surface area (Å²) in [5, 5.41) is 11.9. The monoisotopic (exact) mass is 313 g/mol. The molecule has 0 bridgehead atoms. The Hall–Kier alpha value is -1.07. The van der Waals surface area contributed by atoms with E-state index in [4.69, 9.17) is 9.84 Å². The summed E-state index contributed by atoms with van der Waals surface area (Å²) in [5.41, 5.74) is 0.805. The molecule has 4 nitrogen and oxygen atoms in total. The molecule has 0 saturated carbocycles. The molecule has 2 rings (SSSR count). The van der Waals surface area contributed by atoms with Crippen molar-refractivity contribution in [3.05, 3.63) is 28.2 Å². The first-order chi connectivity index (χ1) is 8.70. The Labute approximate surface area is 114 Å². The van der Waals surface area contributed by atoms with Gasteiger partial charge in [0.15, 0.2) is 6.10 Å². The molecule has 1 unspecified atom stereocenters. The van der Waals surface area contributed by atoms with E-state index in [1.807, 2.05) is 0 Å². The Morgan fingerprint density at radius 1 is 1.44 bits per heavy atom. The van der Waals surface area contributed by atoms with E-state index in [-0.39, 0.29) is 12.5 Å². The molecule has 1 atom stereocenters. The smallest absolute Gasteiger partial charge is 0.261 e. The second kappa shape index (κ2) is 6.20. The van der Waals surface area contributed by atoms with Gasteiger partial charge in [-0.25, -0.2) is 0 Å². The van der Waals surface area contributed by atoms with E-state index >= 15 is 0 Å². The average molecular weight is 314 g/mol. The molecule has 1 heterocycles. The van der Waals surface area contributed by atoms with Crippen molar-refractivity contribution in [2.75, 3.05) is 6.54 Å². The third-order valence-corrected chi connectivity index (χ3v) is 3.55. The van der Waals surface area contributed by atoms with E-state index in [2.05, 4.69) is 21.2 Å². The predicted molar refractivity (Wildman–Crippen MR) is 71.3 cm³/mol. The van der Waals surface area contributed by atoms with Gasteiger partial charge < -0.3 is 15.2 Å². The molecule has 2 N–H and O–H groups in total. The normalized spacial score (nSPS) is 20.1. The SMILES string of the molecule is O=C1NCCCCC1Oc1ccc(CO)cc1Br. The number of halogens is 1. The van der Waals surface area contributed by atoms with Crippen LogP contribution in [0.25, 0.3) is 0 Å². The lowest BCUT2D eigenvalue weighted by molar-refractivity contribution is -0.127. The summed E-state index contributed by atoms with van der Waals surface area (Å²) in [6, 6.07) is 5.35. The number of aliphatic hydroxyl groups excluding tert-OH is 1. The molecular weight excluding hydrogens is 298 g/mol. The summed E-state index contributed by atoms with van der Waals surface area (Å²) in [6.07, 6.45) is 2.29. The number of ether oxygens (including phenoxy) is 1. The lowest BCUT2D eigenvalue weighted by Crippen LogP contribution is -2.36. The topological polar surface area (TPSA) is 58.6 Å². The lowest BCUT2D eigenvalue weighted by Gasteiger charge is -2.17. The zero-order valence-corrected chi connectivity index (χ0v) is 11.6. The highest BCUT2D eigenvalue weighted by molar-refractivity contribution is 9.10. The van der Waals surface area contributed by atoms with Gasteiger partial charge in [-0.3, -0.25) is 4.79 Å². The van der Waals surface area contributed by atoms with Crippen molar-refractivity contribution in [2.24, 2.45) is 0 Å². The van der Waals surface area contributed by atoms with Crippen molar-refractivity contribution in [3.8, 4) is 5.75 Å². The molecule has 1 fully saturated rings. The minimum Gasteiger partial charge on any atom is -0.479 e. The number of hydrogen-bond acceptors (Lipinski definition) is 3. The van der Waals surface area contributed by atoms with Crippen LogP contribution in [0.15, 0.2) is 22.7 Å². The fourth-order valence-corrected chi connectivity index (χ4v) is 2.43. The zero-order chi connectivity index (χ0) is 13.0. The first-order valence-corrected chi connectivity index (χ1v) is 6.83. The van der Waals surface area contributed by atoms with Gasteiger partial charge in [0.1, 0.15) is 5.75 Å². The number of nitrogens with one attached hydrogen (secondary N) is 1. The second-order valence-electron chi connectivity index (χ2n) is 4.32. The van der Waals surface area contributed by atoms with E-state index in [0.717, 1.165) is 35.8 Å². The van der Waals surface area contributed by atoms with Crippen molar-refractivity contribution in [2.45, 2.75) is 32.0 Å². The highest BCUT2D eigenvalue weighted by atomic mass is 79.9. The minimum absolute atomic E-state index is 0.0111. The molecule has 0 aliphatic carbocycles. The fourth-order valence-electron chi connectivity index (χ4n) is 1.92. The summed E-state index contributed by atoms with van der Waals surface area (Å²) in [6.45, 7) is 0.714. The first kappa shape index (κ1) is 13.4. The van der Waals surface area contributed by atoms with Crippen LogP contribution >= 0.6 is 15.9 Å². The maximum atomic E-state index is 11.8. The first-order valence-electron chi connectivity index (χ1n) is 6.04. The molecule has 0 radical (unpaired) electrons. The van der Waals surface area contributed by atoms with E-state index in [0.29, 0.717) is 5.75 Å². The fraction of sp³-hybridized carbons (Fsp3) is 0.462. The second-order valence-corrected chi connectivity index (χ2v) is 5.17. The van der Waals surface area contributed by atoms with Crippen molar-refractivity contribution in [3.63, 3.8) is 0 Å². The minimum atomic E-state index is -0.427. The standard InChI is InChI=1S/C13H16BrNO3/c14-10-7-9(8-16)4-5-11(10)18-12-3-1-2-6-15-13(12)17/h4-5,7,12,16H,1-3,6,8H2,(H,15,17). The van der Waals surface area contributed by atoms with Gasteiger partial charge in [-0.1, -0.05) is 6.07 Å². The molecule has 1 aromatic carbocycles. The Bertz CT molecular complexity index is 436. The van der Waals surface area contributed by atoms with Gasteiger partial charge in [0, 0.05) is 6.54 Å². The van der Waals surface area contributed by atoms with Gasteiger partial charge >= 0.3 is 0 Å². The van der Waals surface area contributed by atoms with Crippen LogP contribution in [0.2, 0.25) is 0 Å². The molecule has 98 valence electrons. The number of benzene rings is 1. The van der Waals surface area contributed by atoms with Crippen molar-refractivity contribution in [1.82, 2.24) is 5.32 Å². The van der Waals surface area contributed by atoms with Gasteiger partial charge in [0.05, 0.1) is 11.1 Å². The van der Waals surface area contributed by atoms with Gasteiger partial charge in [-0.15, -0.1) is 0 Å². The number of rotatable bonds is 3. The van der Waals surface area contributed by atoms with Gasteiger partial charge in [-0.2, -0.15) is 0 Å². The van der Waals surface area contributed by atoms with E-state index in [1.165, 1.54) is 0 Å². The summed E-state index contributed by atoms with van der Waals surface area (Å²) in [5.74, 6) is 0.583. The van der Waals surface area contributed by atoms with Gasteiger partial charge in [-0.05, 0) is 52.9 Å². The summed E-state index contributed by atoms with van der Waals surface area (Å²) < 4.78 is 6.49. The molecule has 1 aromatic rings. The largest absolute Gasteiger partial charge is 0.479 e. The lowest BCUT2D eigenvalue weighted by atomic mass is 10.1. The molecule has 1 aliphatic heterocycles. The van der Waals surface area contributed by atoms with Crippen LogP contribution in [-0.4, -0.2) is 23.7 Å². The third kappa shape index (κ3) is 3.23. The van der Waals surface area contributed by atoms with E-state index < -0.39 is 6.10 Å². The maximum absolute atomic E-state index is 11.8. The zero-order valence-electron chi connectivity index (χ0n) is 9.99. The highest BCUT2D eigenvalue weighted by Gasteiger charge is 2.22. The molecule has 1 aliphatic rings. The Morgan fingerprint density at radius 3 is 3.00 bits per heavy atom. The summed E-state index contributed by atoms with van der Waals surface area (Å²) in [4.78, 5) is 11.8. The van der Waals surface area contributed by atoms with E-state index in [9.17, 15) is 4.79 Å². The summed E-state index contributed by atoms with van der Waals surface area (Å²) >= 11 is 3.39. The van der Waals surface area contributed by atoms with Crippen molar-refractivity contribution < 1.29 is 14.6 Å². The number of amides is 1. The molecule has 1 amide bonds. The van der Waals surface area contributed by atoms with Crippen LogP contribution in [0, 0.1) is 0 Å². The van der Waals surface area contributed by atoms with Crippen molar-refractivity contribution >= 4 is 21.8 Å². The van der Waals surface area contributed by atoms with Crippen molar-refractivity contribution in [1.29, 1.82) is 0 Å². The molecule has 18 heavy (non-hydrogen) atoms. The van der Waals surface area contributed by atoms with Crippen LogP contribution in [0.5, 0.6) is 5.75 Å². The molecule has 1 saturated heterocycles. The van der Waals surface area contributed by atoms with Crippen LogP contribution in [0.1, 0.15) is 24.8 Å². The molecule has 5 heteroatoms. The number of carbonyl (C=O) groups excluding carboxylic acids is 1. The van der Waals surface area contributed by atoms with Crippen LogP contribution < -0.4 is 10.1 Å². The summed E-state index contributed by atoms with van der Waals surface area (Å²) in [7, 11) is 0. The Balaban J connectivity index is 2.10. The molecule has 0 aromatic heterocycles. The van der Waals surface area contributed by atoms with Crippen LogP contribution in [0.4, 0.5) is 0 Å². The molecular formula is C13H16BrNO3. The molecule has 0 spiro atoms. The van der Waals surface area contributed by atoms with Crippen LogP contribution in [0.3, 0.4) is 0 Å². The third-order valence-electron chi connectivity index (χ3n) is 2.93. The van der Waals surface area contributed by atoms with Gasteiger partial charge in [0.2, 0.25) is 0 Å². The average Bonchev–Trinajstić information content (AvgIpc) is 2.57. The maximum Gasteiger partial charge on any atom is 0.261 e. The highest BCUT2D eigenvalue weighted by Crippen LogP contribution is 2.28.